The number of methoxy groups -OCH3 is 2. The molecule has 0 aliphatic heterocycles. The molecule has 0 radical (unpaired) electrons. The van der Waals surface area contributed by atoms with Crippen molar-refractivity contribution in [3.8, 4) is 34.0 Å². The topological polar surface area (TPSA) is 89.1 Å². The number of ether oxygens (including phenoxy) is 2. The van der Waals surface area contributed by atoms with Crippen molar-refractivity contribution in [3.63, 3.8) is 0 Å². The fraction of sp³-hybridized carbons (Fsp3) is 0.192. The van der Waals surface area contributed by atoms with Crippen LogP contribution in [0.1, 0.15) is 12.0 Å². The third-order valence-corrected chi connectivity index (χ3v) is 6.05. The van der Waals surface area contributed by atoms with Crippen LogP contribution in [0.25, 0.3) is 22.5 Å². The number of carbonyl (C=O) groups is 1. The van der Waals surface area contributed by atoms with E-state index in [0.717, 1.165) is 44.7 Å². The van der Waals surface area contributed by atoms with Crippen LogP contribution in [0.15, 0.2) is 72.0 Å². The Morgan fingerprint density at radius 2 is 1.62 bits per heavy atom. The molecule has 4 aromatic rings. The van der Waals surface area contributed by atoms with Gasteiger partial charge in [0.15, 0.2) is 5.16 Å². The van der Waals surface area contributed by atoms with Crippen molar-refractivity contribution in [2.24, 2.45) is 0 Å². The number of pyridine rings is 1. The number of thioether (sulfide) groups is 1. The van der Waals surface area contributed by atoms with Crippen molar-refractivity contribution in [2.75, 3.05) is 25.3 Å². The van der Waals surface area contributed by atoms with E-state index >= 15 is 0 Å². The molecule has 0 fully saturated rings. The zero-order chi connectivity index (χ0) is 23.9. The van der Waals surface area contributed by atoms with E-state index in [1.54, 1.807) is 20.4 Å². The normalized spacial score (nSPS) is 10.7. The smallest absolute Gasteiger partial charge is 0.226 e. The molecular weight excluding hydrogens is 448 g/mol. The number of aryl methyl sites for hydroxylation is 1. The van der Waals surface area contributed by atoms with Gasteiger partial charge in [0.25, 0.3) is 0 Å². The summed E-state index contributed by atoms with van der Waals surface area (Å²) < 4.78 is 10.6. The van der Waals surface area contributed by atoms with Gasteiger partial charge in [0, 0.05) is 29.5 Å². The van der Waals surface area contributed by atoms with E-state index in [1.165, 1.54) is 11.8 Å². The molecule has 0 aliphatic carbocycles. The van der Waals surface area contributed by atoms with Crippen molar-refractivity contribution < 1.29 is 14.3 Å². The number of amides is 1. The highest BCUT2D eigenvalue weighted by atomic mass is 32.2. The van der Waals surface area contributed by atoms with E-state index in [-0.39, 0.29) is 5.91 Å². The van der Waals surface area contributed by atoms with Gasteiger partial charge in [-0.15, -0.1) is 0 Å². The highest BCUT2D eigenvalue weighted by molar-refractivity contribution is 7.99. The van der Waals surface area contributed by atoms with Crippen molar-refractivity contribution in [2.45, 2.75) is 18.5 Å². The molecular formula is C26H26N4O3S. The average molecular weight is 475 g/mol. The summed E-state index contributed by atoms with van der Waals surface area (Å²) in [5, 5.41) is 3.59. The van der Waals surface area contributed by atoms with Crippen molar-refractivity contribution in [3.05, 3.63) is 72.4 Å². The van der Waals surface area contributed by atoms with E-state index < -0.39 is 0 Å². The average Bonchev–Trinajstić information content (AvgIpc) is 3.28. The number of carbonyl (C=O) groups excluding carboxylic acids is 1. The minimum Gasteiger partial charge on any atom is -0.497 e. The van der Waals surface area contributed by atoms with Crippen LogP contribution < -0.4 is 14.8 Å². The molecule has 0 saturated heterocycles. The van der Waals surface area contributed by atoms with Gasteiger partial charge in [0.1, 0.15) is 17.3 Å². The van der Waals surface area contributed by atoms with Gasteiger partial charge in [-0.3, -0.25) is 4.79 Å². The van der Waals surface area contributed by atoms with Crippen LogP contribution in [-0.4, -0.2) is 40.8 Å². The SMILES string of the molecule is COc1ccc(-c2nc(SCCC(=O)Nc3cc(C)ccn3)[nH]c2-c2ccc(OC)cc2)cc1. The summed E-state index contributed by atoms with van der Waals surface area (Å²) in [6.07, 6.45) is 2.03. The van der Waals surface area contributed by atoms with Crippen LogP contribution in [0.4, 0.5) is 5.82 Å². The lowest BCUT2D eigenvalue weighted by molar-refractivity contribution is -0.115. The molecule has 174 valence electrons. The molecule has 2 N–H and O–H groups in total. The summed E-state index contributed by atoms with van der Waals surface area (Å²) >= 11 is 1.50. The van der Waals surface area contributed by atoms with E-state index in [1.807, 2.05) is 67.6 Å². The Morgan fingerprint density at radius 1 is 0.971 bits per heavy atom. The molecule has 0 atom stereocenters. The molecule has 0 aliphatic rings. The first-order valence-electron chi connectivity index (χ1n) is 10.8. The number of aromatic amines is 1. The second kappa shape index (κ2) is 10.9. The number of nitrogens with zero attached hydrogens (tertiary/aromatic N) is 2. The largest absolute Gasteiger partial charge is 0.497 e. The summed E-state index contributed by atoms with van der Waals surface area (Å²) in [5.41, 5.74) is 4.76. The Labute approximate surface area is 203 Å². The molecule has 2 aromatic carbocycles. The number of hydrogen-bond donors (Lipinski definition) is 2. The molecule has 7 nitrogen and oxygen atoms in total. The Kier molecular flexibility index (Phi) is 7.49. The Bertz CT molecular complexity index is 1190. The predicted molar refractivity (Wildman–Crippen MR) is 136 cm³/mol. The van der Waals surface area contributed by atoms with Crippen LogP contribution >= 0.6 is 11.8 Å². The van der Waals surface area contributed by atoms with Crippen LogP contribution in [0.5, 0.6) is 11.5 Å². The van der Waals surface area contributed by atoms with Crippen molar-refractivity contribution >= 4 is 23.5 Å². The minimum absolute atomic E-state index is 0.0806. The summed E-state index contributed by atoms with van der Waals surface area (Å²) in [6.45, 7) is 1.96. The monoisotopic (exact) mass is 474 g/mol. The molecule has 0 spiro atoms. The Hall–Kier alpha value is -3.78. The fourth-order valence-electron chi connectivity index (χ4n) is 3.39. The second-order valence-electron chi connectivity index (χ2n) is 7.59. The summed E-state index contributed by atoms with van der Waals surface area (Å²) in [5.74, 6) is 2.64. The zero-order valence-electron chi connectivity index (χ0n) is 19.3. The molecule has 8 heteroatoms. The van der Waals surface area contributed by atoms with Gasteiger partial charge in [-0.2, -0.15) is 0 Å². The number of nitrogens with one attached hydrogen (secondary N) is 2. The van der Waals surface area contributed by atoms with Gasteiger partial charge in [-0.25, -0.2) is 9.97 Å². The summed E-state index contributed by atoms with van der Waals surface area (Å²) in [6, 6.07) is 19.4. The molecule has 2 aromatic heterocycles. The first-order chi connectivity index (χ1) is 16.6. The lowest BCUT2D eigenvalue weighted by atomic mass is 10.0. The van der Waals surface area contributed by atoms with Crippen molar-refractivity contribution in [1.29, 1.82) is 0 Å². The van der Waals surface area contributed by atoms with Crippen molar-refractivity contribution in [1.82, 2.24) is 15.0 Å². The predicted octanol–water partition coefficient (Wildman–Crippen LogP) is 5.59. The van der Waals surface area contributed by atoms with Gasteiger partial charge in [0.2, 0.25) is 5.91 Å². The second-order valence-corrected chi connectivity index (χ2v) is 8.67. The molecule has 34 heavy (non-hydrogen) atoms. The quantitative estimate of drug-likeness (QED) is 0.308. The Balaban J connectivity index is 1.50. The number of H-pyrrole nitrogens is 1. The summed E-state index contributed by atoms with van der Waals surface area (Å²) in [4.78, 5) is 24.8. The lowest BCUT2D eigenvalue weighted by Crippen LogP contribution is -2.13. The molecule has 4 rings (SSSR count). The van der Waals surface area contributed by atoms with Crippen LogP contribution in [-0.2, 0) is 4.79 Å². The van der Waals surface area contributed by atoms with Gasteiger partial charge in [0.05, 0.1) is 25.6 Å². The molecule has 0 bridgehead atoms. The van der Waals surface area contributed by atoms with E-state index in [4.69, 9.17) is 14.5 Å². The van der Waals surface area contributed by atoms with Crippen LogP contribution in [0, 0.1) is 6.92 Å². The highest BCUT2D eigenvalue weighted by Crippen LogP contribution is 2.34. The van der Waals surface area contributed by atoms with Gasteiger partial charge in [-0.05, 0) is 73.2 Å². The van der Waals surface area contributed by atoms with Gasteiger partial charge in [-0.1, -0.05) is 11.8 Å². The maximum Gasteiger partial charge on any atom is 0.226 e. The van der Waals surface area contributed by atoms with E-state index in [2.05, 4.69) is 15.3 Å². The van der Waals surface area contributed by atoms with E-state index in [0.29, 0.717) is 18.0 Å². The molecule has 1 amide bonds. The third kappa shape index (κ3) is 5.77. The minimum atomic E-state index is -0.0806. The number of anilines is 1. The standard InChI is InChI=1S/C26H26N4O3S/c1-17-12-14-27-22(16-17)28-23(31)13-15-34-26-29-24(18-4-8-20(32-2)9-5-18)25(30-26)19-6-10-21(33-3)11-7-19/h4-12,14,16H,13,15H2,1-3H3,(H,29,30)(H,27,28,31). The van der Waals surface area contributed by atoms with Crippen LogP contribution in [0.2, 0.25) is 0 Å². The molecule has 2 heterocycles. The lowest BCUT2D eigenvalue weighted by Gasteiger charge is -2.06. The van der Waals surface area contributed by atoms with Gasteiger partial charge >= 0.3 is 0 Å². The Morgan fingerprint density at radius 3 is 2.24 bits per heavy atom. The number of hydrogen-bond acceptors (Lipinski definition) is 6. The summed E-state index contributed by atoms with van der Waals surface area (Å²) in [7, 11) is 3.29. The first-order valence-corrected chi connectivity index (χ1v) is 11.8. The fourth-order valence-corrected chi connectivity index (χ4v) is 4.21. The van der Waals surface area contributed by atoms with E-state index in [9.17, 15) is 4.79 Å². The maximum absolute atomic E-state index is 12.3. The maximum atomic E-state index is 12.3. The highest BCUT2D eigenvalue weighted by Gasteiger charge is 2.15. The van der Waals surface area contributed by atoms with Gasteiger partial charge < -0.3 is 19.8 Å². The first kappa shape index (κ1) is 23.4. The zero-order valence-corrected chi connectivity index (χ0v) is 20.1. The van der Waals surface area contributed by atoms with Crippen LogP contribution in [0.3, 0.4) is 0 Å². The number of imidazole rings is 1. The number of rotatable bonds is 9. The number of benzene rings is 2. The number of aromatic nitrogens is 3. The molecule has 0 saturated carbocycles. The molecule has 0 unspecified atom stereocenters. The third-order valence-electron chi connectivity index (χ3n) is 5.18.